The van der Waals surface area contributed by atoms with E-state index in [4.69, 9.17) is 9.52 Å². The standard InChI is InChI=1S/C14H10BrNO5/c15-12-5-2-9(21-12)3-6-13(18)16-10-7-8(14(19)20)1-4-11(10)17/h1-7,17H,(H,16,18)(H,19,20)/b6-3+. The van der Waals surface area contributed by atoms with Gasteiger partial charge >= 0.3 is 5.97 Å². The number of carbonyl (C=O) groups is 2. The third kappa shape index (κ3) is 3.96. The molecule has 0 saturated heterocycles. The predicted molar refractivity (Wildman–Crippen MR) is 79.1 cm³/mol. The number of halogens is 1. The van der Waals surface area contributed by atoms with Crippen molar-refractivity contribution in [1.29, 1.82) is 0 Å². The van der Waals surface area contributed by atoms with E-state index in [1.165, 1.54) is 30.4 Å². The van der Waals surface area contributed by atoms with Crippen molar-refractivity contribution in [2.45, 2.75) is 0 Å². The van der Waals surface area contributed by atoms with E-state index in [0.717, 1.165) is 0 Å². The Balaban J connectivity index is 2.10. The fraction of sp³-hybridized carbons (Fsp3) is 0. The van der Waals surface area contributed by atoms with Crippen LogP contribution < -0.4 is 5.32 Å². The van der Waals surface area contributed by atoms with Crippen molar-refractivity contribution in [3.63, 3.8) is 0 Å². The maximum atomic E-state index is 11.7. The van der Waals surface area contributed by atoms with E-state index in [-0.39, 0.29) is 17.0 Å². The van der Waals surface area contributed by atoms with Gasteiger partial charge in [0.15, 0.2) is 4.67 Å². The monoisotopic (exact) mass is 351 g/mol. The summed E-state index contributed by atoms with van der Waals surface area (Å²) in [5.74, 6) is -1.43. The minimum atomic E-state index is -1.15. The van der Waals surface area contributed by atoms with Gasteiger partial charge in [0.05, 0.1) is 11.3 Å². The summed E-state index contributed by atoms with van der Waals surface area (Å²) in [7, 11) is 0. The van der Waals surface area contributed by atoms with E-state index in [1.807, 2.05) is 0 Å². The molecule has 0 unspecified atom stereocenters. The maximum absolute atomic E-state index is 11.7. The fourth-order valence-corrected chi connectivity index (χ4v) is 1.84. The smallest absolute Gasteiger partial charge is 0.335 e. The molecule has 0 saturated carbocycles. The lowest BCUT2D eigenvalue weighted by molar-refractivity contribution is -0.111. The van der Waals surface area contributed by atoms with Crippen LogP contribution in [0.5, 0.6) is 5.75 Å². The molecular formula is C14H10BrNO5. The van der Waals surface area contributed by atoms with Gasteiger partial charge in [0.1, 0.15) is 11.5 Å². The second-order valence-electron chi connectivity index (χ2n) is 4.00. The Bertz CT molecular complexity index is 720. The van der Waals surface area contributed by atoms with E-state index < -0.39 is 11.9 Å². The molecule has 0 fully saturated rings. The minimum Gasteiger partial charge on any atom is -0.506 e. The van der Waals surface area contributed by atoms with Crippen molar-refractivity contribution < 1.29 is 24.2 Å². The molecule has 0 atom stereocenters. The number of aromatic hydroxyl groups is 1. The molecule has 0 bridgehead atoms. The Labute approximate surface area is 127 Å². The third-order valence-corrected chi connectivity index (χ3v) is 2.92. The first kappa shape index (κ1) is 14.9. The summed E-state index contributed by atoms with van der Waals surface area (Å²) in [6.07, 6.45) is 2.65. The number of furan rings is 1. The summed E-state index contributed by atoms with van der Waals surface area (Å²) in [5.41, 5.74) is -0.0211. The number of nitrogens with one attached hydrogen (secondary N) is 1. The minimum absolute atomic E-state index is 0.0187. The molecule has 0 aliphatic carbocycles. The SMILES string of the molecule is O=C(/C=C/c1ccc(Br)o1)Nc1cc(C(=O)O)ccc1O. The molecule has 108 valence electrons. The molecule has 21 heavy (non-hydrogen) atoms. The summed E-state index contributed by atoms with van der Waals surface area (Å²) < 4.78 is 5.72. The number of anilines is 1. The van der Waals surface area contributed by atoms with Crippen molar-refractivity contribution in [3.05, 3.63) is 52.4 Å². The Kier molecular flexibility index (Phi) is 4.44. The Morgan fingerprint density at radius 1 is 1.24 bits per heavy atom. The van der Waals surface area contributed by atoms with E-state index in [9.17, 15) is 14.7 Å². The highest BCUT2D eigenvalue weighted by atomic mass is 79.9. The summed E-state index contributed by atoms with van der Waals surface area (Å²) in [6.45, 7) is 0. The second kappa shape index (κ2) is 6.27. The van der Waals surface area contributed by atoms with Gasteiger partial charge in [-0.3, -0.25) is 4.79 Å². The van der Waals surface area contributed by atoms with Crippen molar-refractivity contribution in [2.75, 3.05) is 5.32 Å². The van der Waals surface area contributed by atoms with Gasteiger partial charge in [0, 0.05) is 6.08 Å². The topological polar surface area (TPSA) is 99.8 Å². The predicted octanol–water partition coefficient (Wildman–Crippen LogP) is 3.10. The van der Waals surface area contributed by atoms with Crippen LogP contribution in [0.4, 0.5) is 5.69 Å². The molecule has 0 aliphatic rings. The largest absolute Gasteiger partial charge is 0.506 e. The molecule has 0 aliphatic heterocycles. The first-order valence-electron chi connectivity index (χ1n) is 5.76. The average molecular weight is 352 g/mol. The molecule has 1 aromatic carbocycles. The van der Waals surface area contributed by atoms with Gasteiger partial charge in [0.25, 0.3) is 0 Å². The zero-order valence-electron chi connectivity index (χ0n) is 10.5. The summed E-state index contributed by atoms with van der Waals surface area (Å²) in [6, 6.07) is 6.96. The average Bonchev–Trinajstić information content (AvgIpc) is 2.84. The first-order valence-corrected chi connectivity index (χ1v) is 6.56. The number of hydrogen-bond donors (Lipinski definition) is 3. The zero-order valence-corrected chi connectivity index (χ0v) is 12.1. The van der Waals surface area contributed by atoms with E-state index in [0.29, 0.717) is 10.4 Å². The van der Waals surface area contributed by atoms with Crippen LogP contribution in [0.25, 0.3) is 6.08 Å². The number of phenolic OH excluding ortho intramolecular Hbond substituents is 1. The Morgan fingerprint density at radius 2 is 2.00 bits per heavy atom. The maximum Gasteiger partial charge on any atom is 0.335 e. The zero-order chi connectivity index (χ0) is 15.4. The molecule has 6 nitrogen and oxygen atoms in total. The molecule has 1 heterocycles. The number of carboxylic acids is 1. The number of amides is 1. The number of benzene rings is 1. The van der Waals surface area contributed by atoms with Gasteiger partial charge in [-0.25, -0.2) is 4.79 Å². The van der Waals surface area contributed by atoms with E-state index in [2.05, 4.69) is 21.2 Å². The molecule has 1 amide bonds. The van der Waals surface area contributed by atoms with Crippen LogP contribution in [-0.4, -0.2) is 22.1 Å². The van der Waals surface area contributed by atoms with Crippen molar-refractivity contribution >= 4 is 39.6 Å². The van der Waals surface area contributed by atoms with E-state index in [1.54, 1.807) is 12.1 Å². The van der Waals surface area contributed by atoms with Crippen LogP contribution in [0, 0.1) is 0 Å². The summed E-state index contributed by atoms with van der Waals surface area (Å²) >= 11 is 3.13. The molecule has 1 aromatic heterocycles. The van der Waals surface area contributed by atoms with Crippen LogP contribution >= 0.6 is 15.9 Å². The summed E-state index contributed by atoms with van der Waals surface area (Å²) in [5, 5.41) is 20.9. The van der Waals surface area contributed by atoms with Crippen LogP contribution in [0.3, 0.4) is 0 Å². The number of aromatic carboxylic acids is 1. The van der Waals surface area contributed by atoms with Gasteiger partial charge in [-0.05, 0) is 52.3 Å². The van der Waals surface area contributed by atoms with Crippen molar-refractivity contribution in [2.24, 2.45) is 0 Å². The van der Waals surface area contributed by atoms with E-state index >= 15 is 0 Å². The quantitative estimate of drug-likeness (QED) is 0.580. The lowest BCUT2D eigenvalue weighted by atomic mass is 10.2. The Hall–Kier alpha value is -2.54. The second-order valence-corrected chi connectivity index (χ2v) is 4.78. The molecule has 3 N–H and O–H groups in total. The van der Waals surface area contributed by atoms with Gasteiger partial charge in [-0.2, -0.15) is 0 Å². The lowest BCUT2D eigenvalue weighted by Crippen LogP contribution is -2.09. The number of carbonyl (C=O) groups excluding carboxylic acids is 1. The number of phenols is 1. The highest BCUT2D eigenvalue weighted by molar-refractivity contribution is 9.10. The normalized spacial score (nSPS) is 10.7. The molecule has 7 heteroatoms. The van der Waals surface area contributed by atoms with Crippen molar-refractivity contribution in [1.82, 2.24) is 0 Å². The fourth-order valence-electron chi connectivity index (χ4n) is 1.52. The van der Waals surface area contributed by atoms with Crippen molar-refractivity contribution in [3.8, 4) is 5.75 Å². The molecule has 0 radical (unpaired) electrons. The summed E-state index contributed by atoms with van der Waals surface area (Å²) in [4.78, 5) is 22.6. The number of hydrogen-bond acceptors (Lipinski definition) is 4. The highest BCUT2D eigenvalue weighted by Gasteiger charge is 2.09. The molecule has 2 rings (SSSR count). The number of rotatable bonds is 4. The first-order chi connectivity index (χ1) is 9.95. The molecule has 2 aromatic rings. The van der Waals surface area contributed by atoms with Gasteiger partial charge < -0.3 is 19.9 Å². The molecule has 0 spiro atoms. The van der Waals surface area contributed by atoms with Crippen LogP contribution in [0.15, 0.2) is 45.5 Å². The van der Waals surface area contributed by atoms with Crippen LogP contribution in [0.1, 0.15) is 16.1 Å². The third-order valence-electron chi connectivity index (χ3n) is 2.49. The van der Waals surface area contributed by atoms with Gasteiger partial charge in [-0.15, -0.1) is 0 Å². The van der Waals surface area contributed by atoms with Gasteiger partial charge in [0.2, 0.25) is 5.91 Å². The van der Waals surface area contributed by atoms with Crippen LogP contribution in [0.2, 0.25) is 0 Å². The van der Waals surface area contributed by atoms with Gasteiger partial charge in [-0.1, -0.05) is 0 Å². The van der Waals surface area contributed by atoms with Crippen LogP contribution in [-0.2, 0) is 4.79 Å². The Morgan fingerprint density at radius 3 is 2.62 bits per heavy atom. The molecular weight excluding hydrogens is 342 g/mol. The highest BCUT2D eigenvalue weighted by Crippen LogP contribution is 2.24. The number of carboxylic acid groups (broad SMARTS) is 1. The lowest BCUT2D eigenvalue weighted by Gasteiger charge is -2.06.